The minimum Gasteiger partial charge on any atom is -0.409 e. The minimum atomic E-state index is 0.167. The number of rotatable bonds is 3. The lowest BCUT2D eigenvalue weighted by Crippen LogP contribution is -2.22. The predicted octanol–water partition coefficient (Wildman–Crippen LogP) is 1.15. The van der Waals surface area contributed by atoms with Crippen LogP contribution in [0.4, 0.5) is 5.69 Å². The molecular weight excluding hydrogens is 166 g/mol. The zero-order valence-electron chi connectivity index (χ0n) is 7.49. The smallest absolute Gasteiger partial charge is 0.158 e. The van der Waals surface area contributed by atoms with E-state index in [-0.39, 0.29) is 5.84 Å². The molecule has 0 heterocycles. The molecule has 4 heteroatoms. The van der Waals surface area contributed by atoms with E-state index in [9.17, 15) is 0 Å². The molecule has 0 saturated heterocycles. The Labute approximate surface area is 77.1 Å². The number of aryl methyl sites for hydroxylation is 1. The van der Waals surface area contributed by atoms with Crippen molar-refractivity contribution in [3.63, 3.8) is 0 Å². The van der Waals surface area contributed by atoms with Crippen molar-refractivity contribution in [3.8, 4) is 0 Å². The molecule has 0 unspecified atom stereocenters. The van der Waals surface area contributed by atoms with Gasteiger partial charge in [-0.05, 0) is 19.1 Å². The number of nitrogens with one attached hydrogen (secondary N) is 1. The van der Waals surface area contributed by atoms with Gasteiger partial charge in [0.1, 0.15) is 0 Å². The second kappa shape index (κ2) is 4.35. The first-order valence-corrected chi connectivity index (χ1v) is 3.99. The molecule has 13 heavy (non-hydrogen) atoms. The van der Waals surface area contributed by atoms with Crippen LogP contribution in [0, 0.1) is 6.92 Å². The quantitative estimate of drug-likeness (QED) is 0.282. The van der Waals surface area contributed by atoms with Crippen LogP contribution in [0.1, 0.15) is 5.56 Å². The molecule has 0 fully saturated rings. The molecule has 0 aromatic heterocycles. The van der Waals surface area contributed by atoms with Crippen molar-refractivity contribution in [2.45, 2.75) is 6.92 Å². The summed E-state index contributed by atoms with van der Waals surface area (Å²) in [5.41, 5.74) is 7.45. The van der Waals surface area contributed by atoms with Gasteiger partial charge in [0, 0.05) is 5.69 Å². The van der Waals surface area contributed by atoms with Crippen LogP contribution in [-0.4, -0.2) is 17.6 Å². The Kier molecular flexibility index (Phi) is 3.14. The van der Waals surface area contributed by atoms with E-state index in [0.29, 0.717) is 6.54 Å². The van der Waals surface area contributed by atoms with Crippen LogP contribution >= 0.6 is 0 Å². The van der Waals surface area contributed by atoms with Gasteiger partial charge in [0.25, 0.3) is 0 Å². The molecule has 1 aromatic carbocycles. The topological polar surface area (TPSA) is 70.6 Å². The summed E-state index contributed by atoms with van der Waals surface area (Å²) in [5, 5.41) is 14.1. The van der Waals surface area contributed by atoms with Crippen LogP contribution in [0.15, 0.2) is 29.4 Å². The van der Waals surface area contributed by atoms with Gasteiger partial charge in [0.05, 0.1) is 6.54 Å². The summed E-state index contributed by atoms with van der Waals surface area (Å²) in [6, 6.07) is 7.88. The Morgan fingerprint density at radius 2 is 2.08 bits per heavy atom. The number of anilines is 1. The molecule has 0 spiro atoms. The first-order valence-electron chi connectivity index (χ1n) is 3.99. The maximum absolute atomic E-state index is 8.28. The number of hydrogen-bond donors (Lipinski definition) is 3. The van der Waals surface area contributed by atoms with Crippen molar-refractivity contribution in [3.05, 3.63) is 29.8 Å². The molecule has 4 nitrogen and oxygen atoms in total. The third-order valence-corrected chi connectivity index (χ3v) is 1.65. The van der Waals surface area contributed by atoms with Crippen LogP contribution in [0.2, 0.25) is 0 Å². The lowest BCUT2D eigenvalue weighted by Gasteiger charge is -2.04. The average Bonchev–Trinajstić information content (AvgIpc) is 2.16. The monoisotopic (exact) mass is 179 g/mol. The number of nitrogens with two attached hydrogens (primary N) is 1. The Balaban J connectivity index is 2.51. The molecule has 1 aromatic rings. The van der Waals surface area contributed by atoms with Crippen LogP contribution in [0.5, 0.6) is 0 Å². The van der Waals surface area contributed by atoms with E-state index >= 15 is 0 Å². The average molecular weight is 179 g/mol. The van der Waals surface area contributed by atoms with Crippen molar-refractivity contribution in [1.29, 1.82) is 0 Å². The standard InChI is InChI=1S/C9H13N3O/c1-7-2-4-8(5-3-7)11-6-9(10)12-13/h2-5,11,13H,6H2,1H3,(H2,10,12). The van der Waals surface area contributed by atoms with E-state index in [1.807, 2.05) is 31.2 Å². The summed E-state index contributed by atoms with van der Waals surface area (Å²) in [6.07, 6.45) is 0. The normalized spacial score (nSPS) is 11.3. The fourth-order valence-electron chi connectivity index (χ4n) is 0.899. The highest BCUT2D eigenvalue weighted by molar-refractivity contribution is 5.83. The molecule has 0 aliphatic carbocycles. The summed E-state index contributed by atoms with van der Waals surface area (Å²) >= 11 is 0. The molecule has 0 aliphatic rings. The summed E-state index contributed by atoms with van der Waals surface area (Å²) in [4.78, 5) is 0. The van der Waals surface area contributed by atoms with Crippen molar-refractivity contribution in [2.24, 2.45) is 10.9 Å². The Morgan fingerprint density at radius 1 is 1.46 bits per heavy atom. The SMILES string of the molecule is Cc1ccc(NCC(N)=NO)cc1. The van der Waals surface area contributed by atoms with E-state index in [1.165, 1.54) is 5.56 Å². The Morgan fingerprint density at radius 3 is 2.62 bits per heavy atom. The molecule has 0 amide bonds. The van der Waals surface area contributed by atoms with Crippen LogP contribution in [0.25, 0.3) is 0 Å². The third kappa shape index (κ3) is 3.02. The lowest BCUT2D eigenvalue weighted by molar-refractivity contribution is 0.317. The van der Waals surface area contributed by atoms with E-state index in [2.05, 4.69) is 10.5 Å². The van der Waals surface area contributed by atoms with E-state index < -0.39 is 0 Å². The fraction of sp³-hybridized carbons (Fsp3) is 0.222. The molecule has 1 rings (SSSR count). The second-order valence-corrected chi connectivity index (χ2v) is 2.81. The van der Waals surface area contributed by atoms with Gasteiger partial charge >= 0.3 is 0 Å². The van der Waals surface area contributed by atoms with Crippen molar-refractivity contribution >= 4 is 11.5 Å². The van der Waals surface area contributed by atoms with Gasteiger partial charge in [-0.2, -0.15) is 0 Å². The molecule has 70 valence electrons. The largest absolute Gasteiger partial charge is 0.409 e. The maximum atomic E-state index is 8.28. The zero-order valence-corrected chi connectivity index (χ0v) is 7.49. The molecule has 0 saturated carbocycles. The molecule has 0 bridgehead atoms. The maximum Gasteiger partial charge on any atom is 0.158 e. The van der Waals surface area contributed by atoms with E-state index in [4.69, 9.17) is 10.9 Å². The lowest BCUT2D eigenvalue weighted by atomic mass is 10.2. The van der Waals surface area contributed by atoms with Gasteiger partial charge in [0.15, 0.2) is 5.84 Å². The van der Waals surface area contributed by atoms with Crippen LogP contribution < -0.4 is 11.1 Å². The minimum absolute atomic E-state index is 0.167. The highest BCUT2D eigenvalue weighted by atomic mass is 16.4. The number of nitrogens with zero attached hydrogens (tertiary/aromatic N) is 1. The summed E-state index contributed by atoms with van der Waals surface area (Å²) in [6.45, 7) is 2.37. The van der Waals surface area contributed by atoms with Gasteiger partial charge < -0.3 is 16.3 Å². The number of amidine groups is 1. The first kappa shape index (κ1) is 9.38. The fourth-order valence-corrected chi connectivity index (χ4v) is 0.899. The van der Waals surface area contributed by atoms with Crippen molar-refractivity contribution in [2.75, 3.05) is 11.9 Å². The number of benzene rings is 1. The highest BCUT2D eigenvalue weighted by Gasteiger charge is 1.93. The highest BCUT2D eigenvalue weighted by Crippen LogP contribution is 2.07. The third-order valence-electron chi connectivity index (χ3n) is 1.65. The van der Waals surface area contributed by atoms with E-state index in [1.54, 1.807) is 0 Å². The van der Waals surface area contributed by atoms with Crippen molar-refractivity contribution < 1.29 is 5.21 Å². The predicted molar refractivity (Wildman–Crippen MR) is 53.1 cm³/mol. The van der Waals surface area contributed by atoms with Crippen LogP contribution in [-0.2, 0) is 0 Å². The number of hydrogen-bond acceptors (Lipinski definition) is 3. The molecule has 0 atom stereocenters. The Hall–Kier alpha value is -1.71. The summed E-state index contributed by atoms with van der Waals surface area (Å²) in [5.74, 6) is 0.167. The molecule has 0 aliphatic heterocycles. The summed E-state index contributed by atoms with van der Waals surface area (Å²) < 4.78 is 0. The van der Waals surface area contributed by atoms with Crippen molar-refractivity contribution in [1.82, 2.24) is 0 Å². The second-order valence-electron chi connectivity index (χ2n) is 2.81. The van der Waals surface area contributed by atoms with Gasteiger partial charge in [-0.3, -0.25) is 0 Å². The molecule has 0 radical (unpaired) electrons. The van der Waals surface area contributed by atoms with Gasteiger partial charge in [0.2, 0.25) is 0 Å². The number of oxime groups is 1. The van der Waals surface area contributed by atoms with Crippen LogP contribution in [0.3, 0.4) is 0 Å². The Bertz CT molecular complexity index is 292. The van der Waals surface area contributed by atoms with E-state index in [0.717, 1.165) is 5.69 Å². The van der Waals surface area contributed by atoms with Gasteiger partial charge in [-0.15, -0.1) is 0 Å². The van der Waals surface area contributed by atoms with Gasteiger partial charge in [-0.25, -0.2) is 0 Å². The molecular formula is C9H13N3O. The first-order chi connectivity index (χ1) is 6.22. The van der Waals surface area contributed by atoms with Gasteiger partial charge in [-0.1, -0.05) is 22.9 Å². The zero-order chi connectivity index (χ0) is 9.68. The summed E-state index contributed by atoms with van der Waals surface area (Å²) in [7, 11) is 0. The molecule has 4 N–H and O–H groups in total.